The van der Waals surface area contributed by atoms with Crippen LogP contribution in [-0.4, -0.2) is 17.1 Å². The standard InChI is InChI=1S/C13H16F3NO2/c1-7(2)3-12(13(18)19)17-6-8-4-10(15)11(16)5-9(8)14/h4-5,7,12,17H,3,6H2,1-2H3,(H,18,19). The SMILES string of the molecule is CC(C)CC(NCc1cc(F)c(F)cc1F)C(=O)O. The zero-order chi connectivity index (χ0) is 14.6. The van der Waals surface area contributed by atoms with Gasteiger partial charge in [0.05, 0.1) is 0 Å². The smallest absolute Gasteiger partial charge is 0.320 e. The highest BCUT2D eigenvalue weighted by Crippen LogP contribution is 2.14. The molecule has 0 spiro atoms. The van der Waals surface area contributed by atoms with Crippen LogP contribution in [0.4, 0.5) is 13.2 Å². The average Bonchev–Trinajstić information content (AvgIpc) is 2.29. The van der Waals surface area contributed by atoms with Crippen molar-refractivity contribution in [3.8, 4) is 0 Å². The molecule has 0 bridgehead atoms. The molecule has 0 fully saturated rings. The predicted molar refractivity (Wildman–Crippen MR) is 64.0 cm³/mol. The Kier molecular flexibility index (Phi) is 5.35. The quantitative estimate of drug-likeness (QED) is 0.785. The summed E-state index contributed by atoms with van der Waals surface area (Å²) in [5.74, 6) is -4.24. The van der Waals surface area contributed by atoms with Gasteiger partial charge in [-0.05, 0) is 18.4 Å². The zero-order valence-electron chi connectivity index (χ0n) is 10.7. The molecule has 1 aromatic rings. The van der Waals surface area contributed by atoms with E-state index in [1.165, 1.54) is 0 Å². The molecule has 3 nitrogen and oxygen atoms in total. The van der Waals surface area contributed by atoms with Crippen molar-refractivity contribution < 1.29 is 23.1 Å². The molecule has 0 aliphatic heterocycles. The fraction of sp³-hybridized carbons (Fsp3) is 0.462. The van der Waals surface area contributed by atoms with Gasteiger partial charge >= 0.3 is 5.97 Å². The summed E-state index contributed by atoms with van der Waals surface area (Å²) in [6.45, 7) is 3.54. The molecule has 1 aromatic carbocycles. The summed E-state index contributed by atoms with van der Waals surface area (Å²) in [6.07, 6.45) is 0.362. The first-order chi connectivity index (χ1) is 8.81. The molecule has 1 atom stereocenters. The van der Waals surface area contributed by atoms with Gasteiger partial charge in [-0.25, -0.2) is 13.2 Å². The number of rotatable bonds is 6. The summed E-state index contributed by atoms with van der Waals surface area (Å²) < 4.78 is 39.0. The second-order valence-corrected chi connectivity index (χ2v) is 4.76. The molecular weight excluding hydrogens is 259 g/mol. The van der Waals surface area contributed by atoms with Gasteiger partial charge in [-0.15, -0.1) is 0 Å². The van der Waals surface area contributed by atoms with Gasteiger partial charge in [0.1, 0.15) is 11.9 Å². The van der Waals surface area contributed by atoms with Crippen LogP contribution in [0.2, 0.25) is 0 Å². The van der Waals surface area contributed by atoms with Gasteiger partial charge in [-0.2, -0.15) is 0 Å². The maximum Gasteiger partial charge on any atom is 0.320 e. The Morgan fingerprint density at radius 3 is 2.32 bits per heavy atom. The molecule has 1 unspecified atom stereocenters. The van der Waals surface area contributed by atoms with Gasteiger partial charge in [-0.3, -0.25) is 4.79 Å². The molecule has 0 aromatic heterocycles. The molecule has 0 aliphatic carbocycles. The van der Waals surface area contributed by atoms with Crippen molar-refractivity contribution in [3.05, 3.63) is 35.1 Å². The second kappa shape index (κ2) is 6.56. The maximum atomic E-state index is 13.4. The molecule has 0 aliphatic rings. The molecule has 106 valence electrons. The minimum atomic E-state index is -1.27. The van der Waals surface area contributed by atoms with E-state index in [1.807, 2.05) is 13.8 Å². The molecule has 0 heterocycles. The molecule has 0 saturated heterocycles. The largest absolute Gasteiger partial charge is 0.480 e. The summed E-state index contributed by atoms with van der Waals surface area (Å²) in [5, 5.41) is 11.6. The fourth-order valence-electron chi connectivity index (χ4n) is 1.68. The molecule has 0 radical (unpaired) electrons. The van der Waals surface area contributed by atoms with Crippen molar-refractivity contribution in [2.24, 2.45) is 5.92 Å². The average molecular weight is 275 g/mol. The summed E-state index contributed by atoms with van der Waals surface area (Å²) in [7, 11) is 0. The highest BCUT2D eigenvalue weighted by Gasteiger charge is 2.19. The molecule has 0 amide bonds. The summed E-state index contributed by atoms with van der Waals surface area (Å²) in [6, 6.07) is 0.323. The third-order valence-electron chi connectivity index (χ3n) is 2.63. The van der Waals surface area contributed by atoms with Crippen LogP contribution < -0.4 is 5.32 Å². The predicted octanol–water partition coefficient (Wildman–Crippen LogP) is 2.69. The van der Waals surface area contributed by atoms with E-state index in [0.717, 1.165) is 6.07 Å². The Balaban J connectivity index is 2.74. The number of halogens is 3. The summed E-state index contributed by atoms with van der Waals surface area (Å²) in [5.41, 5.74) is -0.103. The van der Waals surface area contributed by atoms with Crippen LogP contribution in [0.3, 0.4) is 0 Å². The van der Waals surface area contributed by atoms with Crippen molar-refractivity contribution in [1.82, 2.24) is 5.32 Å². The third-order valence-corrected chi connectivity index (χ3v) is 2.63. The molecule has 2 N–H and O–H groups in total. The number of carboxylic acid groups (broad SMARTS) is 1. The van der Waals surface area contributed by atoms with Gasteiger partial charge < -0.3 is 10.4 Å². The molecule has 6 heteroatoms. The molecule has 19 heavy (non-hydrogen) atoms. The zero-order valence-corrected chi connectivity index (χ0v) is 10.7. The van der Waals surface area contributed by atoms with E-state index in [0.29, 0.717) is 12.5 Å². The maximum absolute atomic E-state index is 13.4. The van der Waals surface area contributed by atoms with Crippen molar-refractivity contribution in [1.29, 1.82) is 0 Å². The van der Waals surface area contributed by atoms with Crippen molar-refractivity contribution in [2.75, 3.05) is 0 Å². The first-order valence-corrected chi connectivity index (χ1v) is 5.91. The van der Waals surface area contributed by atoms with E-state index in [-0.39, 0.29) is 18.0 Å². The Hall–Kier alpha value is -1.56. The second-order valence-electron chi connectivity index (χ2n) is 4.76. The number of aliphatic carboxylic acids is 1. The minimum Gasteiger partial charge on any atom is -0.480 e. The summed E-state index contributed by atoms with van der Waals surface area (Å²) in [4.78, 5) is 11.0. The van der Waals surface area contributed by atoms with Crippen molar-refractivity contribution in [3.63, 3.8) is 0 Å². The lowest BCUT2D eigenvalue weighted by molar-refractivity contribution is -0.140. The number of benzene rings is 1. The molecule has 0 saturated carbocycles. The number of hydrogen-bond donors (Lipinski definition) is 2. The van der Waals surface area contributed by atoms with Crippen molar-refractivity contribution >= 4 is 5.97 Å². The Bertz CT molecular complexity index is 463. The summed E-state index contributed by atoms with van der Waals surface area (Å²) >= 11 is 0. The van der Waals surface area contributed by atoms with Crippen LogP contribution in [-0.2, 0) is 11.3 Å². The minimum absolute atomic E-state index is 0.103. The van der Waals surface area contributed by atoms with Crippen LogP contribution in [0, 0.1) is 23.4 Å². The van der Waals surface area contributed by atoms with Gasteiger partial charge in [0.25, 0.3) is 0 Å². The van der Waals surface area contributed by atoms with Crippen LogP contribution in [0.5, 0.6) is 0 Å². The van der Waals surface area contributed by atoms with E-state index >= 15 is 0 Å². The monoisotopic (exact) mass is 275 g/mol. The van der Waals surface area contributed by atoms with Crippen LogP contribution in [0.25, 0.3) is 0 Å². The fourth-order valence-corrected chi connectivity index (χ4v) is 1.68. The van der Waals surface area contributed by atoms with Crippen LogP contribution >= 0.6 is 0 Å². The van der Waals surface area contributed by atoms with E-state index in [4.69, 9.17) is 5.11 Å². The van der Waals surface area contributed by atoms with Gasteiger partial charge in [0.2, 0.25) is 0 Å². The lowest BCUT2D eigenvalue weighted by atomic mass is 10.0. The topological polar surface area (TPSA) is 49.3 Å². The highest BCUT2D eigenvalue weighted by molar-refractivity contribution is 5.73. The van der Waals surface area contributed by atoms with Crippen molar-refractivity contribution in [2.45, 2.75) is 32.9 Å². The van der Waals surface area contributed by atoms with E-state index in [9.17, 15) is 18.0 Å². The first kappa shape index (κ1) is 15.5. The number of carbonyl (C=O) groups is 1. The number of hydrogen-bond acceptors (Lipinski definition) is 2. The van der Waals surface area contributed by atoms with Crippen LogP contribution in [0.15, 0.2) is 12.1 Å². The first-order valence-electron chi connectivity index (χ1n) is 5.91. The Labute approximate surface area is 109 Å². The number of nitrogens with one attached hydrogen (secondary N) is 1. The van der Waals surface area contributed by atoms with E-state index < -0.39 is 29.5 Å². The van der Waals surface area contributed by atoms with Gasteiger partial charge in [-0.1, -0.05) is 13.8 Å². The van der Waals surface area contributed by atoms with E-state index in [1.54, 1.807) is 0 Å². The van der Waals surface area contributed by atoms with Gasteiger partial charge in [0, 0.05) is 18.2 Å². The normalized spacial score (nSPS) is 12.7. The number of carboxylic acids is 1. The lowest BCUT2D eigenvalue weighted by Gasteiger charge is -2.16. The highest BCUT2D eigenvalue weighted by atomic mass is 19.2. The molecular formula is C13H16F3NO2. The molecule has 1 rings (SSSR count). The third kappa shape index (κ3) is 4.55. The lowest BCUT2D eigenvalue weighted by Crippen LogP contribution is -2.37. The van der Waals surface area contributed by atoms with Gasteiger partial charge in [0.15, 0.2) is 11.6 Å². The van der Waals surface area contributed by atoms with E-state index in [2.05, 4.69) is 5.32 Å². The Morgan fingerprint density at radius 2 is 1.79 bits per heavy atom. The van der Waals surface area contributed by atoms with Crippen LogP contribution in [0.1, 0.15) is 25.8 Å². The Morgan fingerprint density at radius 1 is 1.21 bits per heavy atom.